The maximum Gasteiger partial charge on any atom is 0.348 e. The first-order valence-electron chi connectivity index (χ1n) is 7.95. The monoisotopic (exact) mass is 360 g/mol. The van der Waals surface area contributed by atoms with Gasteiger partial charge in [0.05, 0.1) is 27.4 Å². The molecule has 8 nitrogen and oxygen atoms in total. The molecule has 0 unspecified atom stereocenters. The molecular weight excluding hydrogens is 340 g/mol. The lowest BCUT2D eigenvalue weighted by Crippen LogP contribution is -2.43. The van der Waals surface area contributed by atoms with E-state index in [4.69, 9.17) is 19.5 Å². The van der Waals surface area contributed by atoms with E-state index >= 15 is 0 Å². The Balaban J connectivity index is 2.08. The van der Waals surface area contributed by atoms with Crippen LogP contribution < -0.4 is 9.47 Å². The van der Waals surface area contributed by atoms with Crippen LogP contribution in [0.15, 0.2) is 23.8 Å². The molecule has 0 spiro atoms. The molecule has 0 aliphatic carbocycles. The number of morpholine rings is 1. The lowest BCUT2D eigenvalue weighted by molar-refractivity contribution is -0.137. The molecule has 0 bridgehead atoms. The van der Waals surface area contributed by atoms with E-state index in [-0.39, 0.29) is 18.1 Å². The summed E-state index contributed by atoms with van der Waals surface area (Å²) in [5.74, 6) is -0.0711. The Morgan fingerprint density at radius 1 is 1.27 bits per heavy atom. The van der Waals surface area contributed by atoms with Crippen LogP contribution in [0.4, 0.5) is 0 Å². The molecule has 1 aliphatic rings. The van der Waals surface area contributed by atoms with E-state index in [0.717, 1.165) is 0 Å². The Labute approximate surface area is 151 Å². The Morgan fingerprint density at radius 2 is 2.00 bits per heavy atom. The maximum atomic E-state index is 12.1. The van der Waals surface area contributed by atoms with Crippen molar-refractivity contribution in [1.29, 1.82) is 5.26 Å². The zero-order valence-corrected chi connectivity index (χ0v) is 14.7. The largest absolute Gasteiger partial charge is 0.493 e. The summed E-state index contributed by atoms with van der Waals surface area (Å²) in [6.07, 6.45) is 1.39. The topological polar surface area (TPSA) is 98.1 Å². The average Bonchev–Trinajstić information content (AvgIpc) is 2.70. The summed E-state index contributed by atoms with van der Waals surface area (Å²) in [6.45, 7) is 2.03. The summed E-state index contributed by atoms with van der Waals surface area (Å²) in [4.78, 5) is 25.3. The zero-order chi connectivity index (χ0) is 18.9. The van der Waals surface area contributed by atoms with Crippen molar-refractivity contribution in [2.75, 3.05) is 47.1 Å². The number of nitrogens with zero attached hydrogens (tertiary/aromatic N) is 2. The van der Waals surface area contributed by atoms with Crippen LogP contribution in [-0.2, 0) is 19.1 Å². The van der Waals surface area contributed by atoms with Crippen LogP contribution in [0.2, 0.25) is 0 Å². The van der Waals surface area contributed by atoms with Gasteiger partial charge in [0.25, 0.3) is 5.91 Å². The molecule has 0 aromatic heterocycles. The highest BCUT2D eigenvalue weighted by molar-refractivity contribution is 5.97. The van der Waals surface area contributed by atoms with E-state index in [1.165, 1.54) is 20.3 Å². The first-order valence-corrected chi connectivity index (χ1v) is 7.95. The highest BCUT2D eigenvalue weighted by atomic mass is 16.5. The van der Waals surface area contributed by atoms with E-state index in [2.05, 4.69) is 4.74 Å². The van der Waals surface area contributed by atoms with Crippen molar-refractivity contribution < 1.29 is 28.5 Å². The van der Waals surface area contributed by atoms with Gasteiger partial charge in [0.15, 0.2) is 18.1 Å². The quantitative estimate of drug-likeness (QED) is 0.424. The van der Waals surface area contributed by atoms with Crippen LogP contribution in [-0.4, -0.2) is 63.9 Å². The van der Waals surface area contributed by atoms with E-state index in [1.807, 2.05) is 0 Å². The summed E-state index contributed by atoms with van der Waals surface area (Å²) < 4.78 is 20.6. The van der Waals surface area contributed by atoms with Crippen molar-refractivity contribution in [2.24, 2.45) is 0 Å². The van der Waals surface area contributed by atoms with Crippen LogP contribution in [0.25, 0.3) is 6.08 Å². The number of hydrogen-bond acceptors (Lipinski definition) is 7. The number of nitriles is 1. The Morgan fingerprint density at radius 3 is 2.62 bits per heavy atom. The average molecular weight is 360 g/mol. The predicted molar refractivity (Wildman–Crippen MR) is 91.5 cm³/mol. The number of hydrogen-bond donors (Lipinski definition) is 0. The van der Waals surface area contributed by atoms with Gasteiger partial charge in [-0.3, -0.25) is 4.79 Å². The number of ether oxygens (including phenoxy) is 4. The Kier molecular flexibility index (Phi) is 7.00. The molecule has 1 heterocycles. The van der Waals surface area contributed by atoms with Gasteiger partial charge in [-0.15, -0.1) is 0 Å². The second-order valence-electron chi connectivity index (χ2n) is 5.35. The van der Waals surface area contributed by atoms with Gasteiger partial charge in [-0.25, -0.2) is 4.79 Å². The predicted octanol–water partition coefficient (Wildman–Crippen LogP) is 1.01. The van der Waals surface area contributed by atoms with E-state index in [0.29, 0.717) is 43.4 Å². The van der Waals surface area contributed by atoms with E-state index in [9.17, 15) is 9.59 Å². The van der Waals surface area contributed by atoms with E-state index < -0.39 is 5.97 Å². The van der Waals surface area contributed by atoms with E-state index in [1.54, 1.807) is 29.2 Å². The highest BCUT2D eigenvalue weighted by Gasteiger charge is 2.18. The molecular formula is C18H20N2O6. The SMILES string of the molecule is COC(=O)/C(C#N)=C/c1ccc(OCC(=O)N2CCOCC2)c(OC)c1. The smallest absolute Gasteiger partial charge is 0.348 e. The summed E-state index contributed by atoms with van der Waals surface area (Å²) in [7, 11) is 2.67. The molecule has 1 aromatic rings. The molecule has 2 rings (SSSR count). The second kappa shape index (κ2) is 9.44. The van der Waals surface area contributed by atoms with Gasteiger partial charge in [-0.1, -0.05) is 6.07 Å². The molecule has 138 valence electrons. The van der Waals surface area contributed by atoms with Crippen molar-refractivity contribution >= 4 is 18.0 Å². The van der Waals surface area contributed by atoms with Crippen LogP contribution in [0.5, 0.6) is 11.5 Å². The molecule has 8 heteroatoms. The number of esters is 1. The standard InChI is InChI=1S/C18H20N2O6/c1-23-16-10-13(9-14(11-19)18(22)24-2)3-4-15(16)26-12-17(21)20-5-7-25-8-6-20/h3-4,9-10H,5-8,12H2,1-2H3/b14-9+. The van der Waals surface area contributed by atoms with Crippen molar-refractivity contribution in [1.82, 2.24) is 4.90 Å². The zero-order valence-electron chi connectivity index (χ0n) is 14.7. The molecule has 1 aliphatic heterocycles. The summed E-state index contributed by atoms with van der Waals surface area (Å²) in [5.41, 5.74) is 0.432. The van der Waals surface area contributed by atoms with Crippen molar-refractivity contribution in [2.45, 2.75) is 0 Å². The molecule has 1 aromatic carbocycles. The first-order chi connectivity index (χ1) is 12.6. The molecule has 0 radical (unpaired) electrons. The summed E-state index contributed by atoms with van der Waals surface area (Å²) in [6, 6.07) is 6.65. The number of carbonyl (C=O) groups excluding carboxylic acids is 2. The highest BCUT2D eigenvalue weighted by Crippen LogP contribution is 2.29. The van der Waals surface area contributed by atoms with Crippen molar-refractivity contribution in [3.05, 3.63) is 29.3 Å². The third kappa shape index (κ3) is 4.97. The molecule has 1 amide bonds. The van der Waals surface area contributed by atoms with Gasteiger partial charge in [-0.2, -0.15) is 5.26 Å². The first kappa shape index (κ1) is 19.3. The molecule has 1 fully saturated rings. The van der Waals surface area contributed by atoms with Crippen LogP contribution in [0.1, 0.15) is 5.56 Å². The minimum absolute atomic E-state index is 0.114. The van der Waals surface area contributed by atoms with Gasteiger partial charge < -0.3 is 23.8 Å². The minimum atomic E-state index is -0.720. The fourth-order valence-corrected chi connectivity index (χ4v) is 2.35. The van der Waals surface area contributed by atoms with Crippen molar-refractivity contribution in [3.8, 4) is 17.6 Å². The number of carbonyl (C=O) groups is 2. The Bertz CT molecular complexity index is 732. The normalized spacial score (nSPS) is 14.3. The third-order valence-electron chi connectivity index (χ3n) is 3.74. The third-order valence-corrected chi connectivity index (χ3v) is 3.74. The minimum Gasteiger partial charge on any atom is -0.493 e. The second-order valence-corrected chi connectivity index (χ2v) is 5.35. The lowest BCUT2D eigenvalue weighted by Gasteiger charge is -2.26. The molecule has 0 atom stereocenters. The molecule has 1 saturated heterocycles. The molecule has 26 heavy (non-hydrogen) atoms. The molecule has 0 N–H and O–H groups in total. The van der Waals surface area contributed by atoms with Gasteiger partial charge >= 0.3 is 5.97 Å². The van der Waals surface area contributed by atoms with Gasteiger partial charge in [0.1, 0.15) is 11.6 Å². The van der Waals surface area contributed by atoms with Crippen LogP contribution >= 0.6 is 0 Å². The van der Waals surface area contributed by atoms with Crippen LogP contribution in [0, 0.1) is 11.3 Å². The fourth-order valence-electron chi connectivity index (χ4n) is 2.35. The van der Waals surface area contributed by atoms with Crippen molar-refractivity contribution in [3.63, 3.8) is 0 Å². The Hall–Kier alpha value is -3.05. The number of methoxy groups -OCH3 is 2. The van der Waals surface area contributed by atoms with Gasteiger partial charge in [0.2, 0.25) is 0 Å². The number of benzene rings is 1. The lowest BCUT2D eigenvalue weighted by atomic mass is 10.1. The fraction of sp³-hybridized carbons (Fsp3) is 0.389. The number of amides is 1. The maximum absolute atomic E-state index is 12.1. The summed E-state index contributed by atoms with van der Waals surface area (Å²) in [5, 5.41) is 9.01. The molecule has 0 saturated carbocycles. The van der Waals surface area contributed by atoms with Gasteiger partial charge in [0, 0.05) is 13.1 Å². The summed E-state index contributed by atoms with van der Waals surface area (Å²) >= 11 is 0. The van der Waals surface area contributed by atoms with Gasteiger partial charge in [-0.05, 0) is 23.8 Å². The van der Waals surface area contributed by atoms with Crippen LogP contribution in [0.3, 0.4) is 0 Å². The number of rotatable bonds is 6.